The van der Waals surface area contributed by atoms with Gasteiger partial charge in [0.05, 0.1) is 5.56 Å². The molecule has 0 saturated heterocycles. The van der Waals surface area contributed by atoms with Gasteiger partial charge in [0.1, 0.15) is 0 Å². The van der Waals surface area contributed by atoms with E-state index in [4.69, 9.17) is 10.5 Å². The number of hydrogen-bond donors (Lipinski definition) is 2. The van der Waals surface area contributed by atoms with Crippen LogP contribution in [0.4, 0.5) is 5.69 Å². The summed E-state index contributed by atoms with van der Waals surface area (Å²) in [6.07, 6.45) is 2.27. The lowest BCUT2D eigenvalue weighted by molar-refractivity contribution is -0.129. The summed E-state index contributed by atoms with van der Waals surface area (Å²) >= 11 is 0. The molecule has 5 heteroatoms. The van der Waals surface area contributed by atoms with E-state index in [9.17, 15) is 9.59 Å². The van der Waals surface area contributed by atoms with Crippen molar-refractivity contribution in [2.75, 3.05) is 12.3 Å². The van der Waals surface area contributed by atoms with Gasteiger partial charge in [-0.05, 0) is 38.0 Å². The van der Waals surface area contributed by atoms with Crippen molar-refractivity contribution in [1.29, 1.82) is 0 Å². The first-order valence-electron chi connectivity index (χ1n) is 7.31. The third-order valence-corrected chi connectivity index (χ3v) is 3.33. The topological polar surface area (TPSA) is 81.4 Å². The zero-order chi connectivity index (χ0) is 15.8. The Kier molecular flexibility index (Phi) is 6.72. The smallest absolute Gasteiger partial charge is 0.339 e. The molecule has 0 fully saturated rings. The van der Waals surface area contributed by atoms with Gasteiger partial charge in [-0.2, -0.15) is 0 Å². The lowest BCUT2D eigenvalue weighted by Crippen LogP contribution is -2.36. The van der Waals surface area contributed by atoms with E-state index in [0.29, 0.717) is 23.4 Å². The van der Waals surface area contributed by atoms with Crippen LogP contribution in [0.2, 0.25) is 0 Å². The number of anilines is 1. The van der Waals surface area contributed by atoms with Crippen molar-refractivity contribution in [3.05, 3.63) is 29.3 Å². The Labute approximate surface area is 125 Å². The lowest BCUT2D eigenvalue weighted by Gasteiger charge is -2.14. The van der Waals surface area contributed by atoms with Gasteiger partial charge in [0, 0.05) is 12.2 Å². The number of ether oxygens (including phenoxy) is 1. The fourth-order valence-corrected chi connectivity index (χ4v) is 1.88. The summed E-state index contributed by atoms with van der Waals surface area (Å²) < 4.78 is 5.18. The Hall–Kier alpha value is -2.04. The molecule has 1 aromatic carbocycles. The maximum Gasteiger partial charge on any atom is 0.339 e. The van der Waals surface area contributed by atoms with E-state index in [0.717, 1.165) is 19.3 Å². The van der Waals surface area contributed by atoms with Crippen molar-refractivity contribution in [2.45, 2.75) is 46.1 Å². The van der Waals surface area contributed by atoms with Crippen molar-refractivity contribution in [2.24, 2.45) is 0 Å². The third kappa shape index (κ3) is 5.10. The maximum absolute atomic E-state index is 12.1. The van der Waals surface area contributed by atoms with Gasteiger partial charge in [0.15, 0.2) is 6.10 Å². The summed E-state index contributed by atoms with van der Waals surface area (Å²) in [5, 5.41) is 2.76. The molecule has 0 aliphatic heterocycles. The summed E-state index contributed by atoms with van der Waals surface area (Å²) in [6, 6.07) is 5.05. The predicted octanol–water partition coefficient (Wildman–Crippen LogP) is 2.43. The van der Waals surface area contributed by atoms with Crippen molar-refractivity contribution >= 4 is 17.6 Å². The monoisotopic (exact) mass is 292 g/mol. The number of esters is 1. The van der Waals surface area contributed by atoms with Gasteiger partial charge in [-0.15, -0.1) is 0 Å². The van der Waals surface area contributed by atoms with Crippen LogP contribution in [-0.4, -0.2) is 24.5 Å². The highest BCUT2D eigenvalue weighted by molar-refractivity contribution is 5.94. The molecule has 0 spiro atoms. The van der Waals surface area contributed by atoms with Crippen LogP contribution in [0.1, 0.15) is 49.0 Å². The van der Waals surface area contributed by atoms with Crippen LogP contribution in [0.25, 0.3) is 0 Å². The molecule has 0 aliphatic carbocycles. The van der Waals surface area contributed by atoms with Gasteiger partial charge < -0.3 is 15.8 Å². The van der Waals surface area contributed by atoms with E-state index >= 15 is 0 Å². The molecule has 5 nitrogen and oxygen atoms in total. The van der Waals surface area contributed by atoms with Crippen LogP contribution in [-0.2, 0) is 9.53 Å². The Bertz CT molecular complexity index is 500. The minimum Gasteiger partial charge on any atom is -0.449 e. The standard InChI is InChI=1S/C16H24N2O3/c1-4-5-6-10-18-15(19)12(3)21-16(20)13-8-7-9-14(17)11(13)2/h7-9,12H,4-6,10,17H2,1-3H3,(H,18,19). The van der Waals surface area contributed by atoms with Crippen LogP contribution in [0.15, 0.2) is 18.2 Å². The summed E-state index contributed by atoms with van der Waals surface area (Å²) in [6.45, 7) is 6.02. The largest absolute Gasteiger partial charge is 0.449 e. The number of carbonyl (C=O) groups excluding carboxylic acids is 2. The molecular formula is C16H24N2O3. The highest BCUT2D eigenvalue weighted by Gasteiger charge is 2.20. The van der Waals surface area contributed by atoms with Gasteiger partial charge in [0.2, 0.25) is 0 Å². The van der Waals surface area contributed by atoms with Crippen molar-refractivity contribution in [1.82, 2.24) is 5.32 Å². The lowest BCUT2D eigenvalue weighted by atomic mass is 10.1. The molecular weight excluding hydrogens is 268 g/mol. The van der Waals surface area contributed by atoms with Gasteiger partial charge in [-0.1, -0.05) is 25.8 Å². The first-order valence-corrected chi connectivity index (χ1v) is 7.31. The quantitative estimate of drug-likeness (QED) is 0.459. The van der Waals surface area contributed by atoms with Gasteiger partial charge in [-0.3, -0.25) is 4.79 Å². The van der Waals surface area contributed by atoms with Crippen LogP contribution >= 0.6 is 0 Å². The highest BCUT2D eigenvalue weighted by Crippen LogP contribution is 2.17. The van der Waals surface area contributed by atoms with E-state index in [1.165, 1.54) is 0 Å². The fraction of sp³-hybridized carbons (Fsp3) is 0.500. The molecule has 0 aromatic heterocycles. The number of nitrogens with one attached hydrogen (secondary N) is 1. The molecule has 21 heavy (non-hydrogen) atoms. The second-order valence-electron chi connectivity index (χ2n) is 5.07. The number of unbranched alkanes of at least 4 members (excludes halogenated alkanes) is 2. The zero-order valence-corrected chi connectivity index (χ0v) is 12.9. The molecule has 1 rings (SSSR count). The molecule has 3 N–H and O–H groups in total. The minimum absolute atomic E-state index is 0.277. The summed E-state index contributed by atoms with van der Waals surface area (Å²) in [5.74, 6) is -0.808. The van der Waals surface area contributed by atoms with E-state index in [1.54, 1.807) is 32.0 Å². The molecule has 1 aromatic rings. The van der Waals surface area contributed by atoms with Gasteiger partial charge in [0.25, 0.3) is 5.91 Å². The summed E-state index contributed by atoms with van der Waals surface area (Å²) in [4.78, 5) is 23.9. The van der Waals surface area contributed by atoms with Crippen molar-refractivity contribution < 1.29 is 14.3 Å². The Morgan fingerprint density at radius 3 is 2.71 bits per heavy atom. The van der Waals surface area contributed by atoms with Crippen molar-refractivity contribution in [3.8, 4) is 0 Å². The predicted molar refractivity (Wildman–Crippen MR) is 83.0 cm³/mol. The highest BCUT2D eigenvalue weighted by atomic mass is 16.5. The first kappa shape index (κ1) is 17.0. The van der Waals surface area contributed by atoms with Crippen LogP contribution in [0.5, 0.6) is 0 Å². The Morgan fingerprint density at radius 1 is 1.33 bits per heavy atom. The van der Waals surface area contributed by atoms with Crippen LogP contribution in [0.3, 0.4) is 0 Å². The number of amides is 1. The zero-order valence-electron chi connectivity index (χ0n) is 12.9. The van der Waals surface area contributed by atoms with Gasteiger partial charge >= 0.3 is 5.97 Å². The molecule has 0 heterocycles. The van der Waals surface area contributed by atoms with E-state index < -0.39 is 12.1 Å². The normalized spacial score (nSPS) is 11.8. The number of benzene rings is 1. The Balaban J connectivity index is 2.53. The summed E-state index contributed by atoms with van der Waals surface area (Å²) in [7, 11) is 0. The SMILES string of the molecule is CCCCCNC(=O)C(C)OC(=O)c1cccc(N)c1C. The third-order valence-electron chi connectivity index (χ3n) is 3.33. The number of rotatable bonds is 7. The van der Waals surface area contributed by atoms with Gasteiger partial charge in [-0.25, -0.2) is 4.79 Å². The first-order chi connectivity index (χ1) is 9.97. The number of carbonyl (C=O) groups is 2. The number of hydrogen-bond acceptors (Lipinski definition) is 4. The van der Waals surface area contributed by atoms with E-state index in [1.807, 2.05) is 0 Å². The maximum atomic E-state index is 12.1. The molecule has 1 atom stereocenters. The van der Waals surface area contributed by atoms with E-state index in [-0.39, 0.29) is 5.91 Å². The molecule has 116 valence electrons. The van der Waals surface area contributed by atoms with Crippen molar-refractivity contribution in [3.63, 3.8) is 0 Å². The number of nitrogens with two attached hydrogens (primary N) is 1. The molecule has 0 aliphatic rings. The molecule has 1 amide bonds. The number of nitrogen functional groups attached to an aromatic ring is 1. The second-order valence-corrected chi connectivity index (χ2v) is 5.07. The average Bonchev–Trinajstić information content (AvgIpc) is 2.46. The minimum atomic E-state index is -0.819. The Morgan fingerprint density at radius 2 is 2.05 bits per heavy atom. The summed E-state index contributed by atoms with van der Waals surface area (Å²) in [5.41, 5.74) is 7.34. The average molecular weight is 292 g/mol. The molecule has 0 bridgehead atoms. The molecule has 0 saturated carbocycles. The van der Waals surface area contributed by atoms with Crippen LogP contribution < -0.4 is 11.1 Å². The van der Waals surface area contributed by atoms with E-state index in [2.05, 4.69) is 12.2 Å². The second kappa shape index (κ2) is 8.29. The molecule has 0 radical (unpaired) electrons. The van der Waals surface area contributed by atoms with Crippen LogP contribution in [0, 0.1) is 6.92 Å². The fourth-order valence-electron chi connectivity index (χ4n) is 1.88. The molecule has 1 unspecified atom stereocenters.